The van der Waals surface area contributed by atoms with Crippen LogP contribution in [0.2, 0.25) is 0 Å². The first-order valence-corrected chi connectivity index (χ1v) is 9.08. The molecule has 1 unspecified atom stereocenters. The fourth-order valence-corrected chi connectivity index (χ4v) is 3.92. The summed E-state index contributed by atoms with van der Waals surface area (Å²) in [6.07, 6.45) is 4.64. The highest BCUT2D eigenvalue weighted by Gasteiger charge is 2.31. The molecule has 0 saturated carbocycles. The first-order chi connectivity index (χ1) is 10.4. The number of hydrogen-bond donors (Lipinski definition) is 0. The van der Waals surface area contributed by atoms with Gasteiger partial charge in [0, 0.05) is 58.1 Å². The van der Waals surface area contributed by atoms with E-state index in [2.05, 4.69) is 16.9 Å². The molecule has 0 N–H and O–H groups in total. The summed E-state index contributed by atoms with van der Waals surface area (Å²) in [6.45, 7) is 2.07. The van der Waals surface area contributed by atoms with Crippen LogP contribution in [-0.4, -0.2) is 73.7 Å². The van der Waals surface area contributed by atoms with Crippen molar-refractivity contribution in [3.05, 3.63) is 30.1 Å². The lowest BCUT2D eigenvalue weighted by molar-refractivity contribution is 0.161. The molecule has 0 radical (unpaired) electrons. The fourth-order valence-electron chi connectivity index (χ4n) is 2.74. The Morgan fingerprint density at radius 3 is 2.73 bits per heavy atom. The van der Waals surface area contributed by atoms with E-state index in [0.29, 0.717) is 13.1 Å². The molecule has 6 nitrogen and oxygen atoms in total. The van der Waals surface area contributed by atoms with Crippen molar-refractivity contribution < 1.29 is 8.42 Å². The molecule has 0 aliphatic carbocycles. The molecule has 1 atom stereocenters. The Kier molecular flexibility index (Phi) is 5.91. The van der Waals surface area contributed by atoms with E-state index in [4.69, 9.17) is 0 Å². The Labute approximate surface area is 133 Å². The van der Waals surface area contributed by atoms with E-state index in [-0.39, 0.29) is 6.04 Å². The van der Waals surface area contributed by atoms with Gasteiger partial charge in [-0.3, -0.25) is 4.98 Å². The molecule has 124 valence electrons. The Morgan fingerprint density at radius 2 is 2.09 bits per heavy atom. The van der Waals surface area contributed by atoms with Gasteiger partial charge in [-0.25, -0.2) is 0 Å². The summed E-state index contributed by atoms with van der Waals surface area (Å²) in [5.74, 6) is 0. The van der Waals surface area contributed by atoms with Crippen LogP contribution in [0.25, 0.3) is 0 Å². The predicted molar refractivity (Wildman–Crippen MR) is 87.8 cm³/mol. The molecular formula is C15H26N4O2S. The highest BCUT2D eigenvalue weighted by atomic mass is 32.2. The van der Waals surface area contributed by atoms with Gasteiger partial charge in [-0.15, -0.1) is 0 Å². The van der Waals surface area contributed by atoms with Gasteiger partial charge < -0.3 is 4.90 Å². The zero-order chi connectivity index (χ0) is 16.2. The molecule has 0 spiro atoms. The average Bonchev–Trinajstić information content (AvgIpc) is 2.53. The maximum Gasteiger partial charge on any atom is 0.281 e. The summed E-state index contributed by atoms with van der Waals surface area (Å²) < 4.78 is 27.4. The second-order valence-corrected chi connectivity index (χ2v) is 8.14. The molecule has 1 aromatic heterocycles. The molecule has 2 heterocycles. The third kappa shape index (κ3) is 4.25. The molecular weight excluding hydrogens is 300 g/mol. The van der Waals surface area contributed by atoms with Gasteiger partial charge in [0.2, 0.25) is 0 Å². The van der Waals surface area contributed by atoms with Crippen molar-refractivity contribution in [2.45, 2.75) is 25.3 Å². The first kappa shape index (κ1) is 17.3. The molecule has 7 heteroatoms. The first-order valence-electron chi connectivity index (χ1n) is 7.69. The summed E-state index contributed by atoms with van der Waals surface area (Å²) in [7, 11) is 1.94. The summed E-state index contributed by atoms with van der Waals surface area (Å²) in [4.78, 5) is 6.59. The molecule has 1 aliphatic rings. The number of piperidine rings is 1. The predicted octanol–water partition coefficient (Wildman–Crippen LogP) is 0.827. The lowest BCUT2D eigenvalue weighted by Gasteiger charge is -2.37. The van der Waals surface area contributed by atoms with Gasteiger partial charge in [0.25, 0.3) is 10.2 Å². The molecule has 2 rings (SSSR count). The van der Waals surface area contributed by atoms with Gasteiger partial charge in [-0.2, -0.15) is 17.0 Å². The molecule has 1 aromatic rings. The number of aromatic nitrogens is 1. The lowest BCUT2D eigenvalue weighted by atomic mass is 10.1. The molecule has 22 heavy (non-hydrogen) atoms. The topological polar surface area (TPSA) is 56.8 Å². The second kappa shape index (κ2) is 7.50. The van der Waals surface area contributed by atoms with Crippen LogP contribution < -0.4 is 0 Å². The fraction of sp³-hybridized carbons (Fsp3) is 0.667. The monoisotopic (exact) mass is 326 g/mol. The van der Waals surface area contributed by atoms with Crippen LogP contribution >= 0.6 is 0 Å². The zero-order valence-corrected chi connectivity index (χ0v) is 14.5. The van der Waals surface area contributed by atoms with Crippen molar-refractivity contribution in [1.82, 2.24) is 18.5 Å². The van der Waals surface area contributed by atoms with Gasteiger partial charge in [0.15, 0.2) is 0 Å². The van der Waals surface area contributed by atoms with Crippen LogP contribution in [0, 0.1) is 0 Å². The average molecular weight is 326 g/mol. The minimum absolute atomic E-state index is 0.271. The minimum Gasteiger partial charge on any atom is -0.302 e. The third-order valence-corrected chi connectivity index (χ3v) is 6.12. The number of rotatable bonds is 6. The maximum absolute atomic E-state index is 12.3. The summed E-state index contributed by atoms with van der Waals surface area (Å²) in [5.41, 5.74) is 1.07. The highest BCUT2D eigenvalue weighted by molar-refractivity contribution is 7.86. The van der Waals surface area contributed by atoms with Crippen LogP contribution in [0.4, 0.5) is 0 Å². The Balaban J connectivity index is 1.91. The Morgan fingerprint density at radius 1 is 1.32 bits per heavy atom. The van der Waals surface area contributed by atoms with Crippen LogP contribution in [0.3, 0.4) is 0 Å². The van der Waals surface area contributed by atoms with E-state index in [0.717, 1.165) is 31.5 Å². The number of hydrogen-bond acceptors (Lipinski definition) is 4. The largest absolute Gasteiger partial charge is 0.302 e. The number of pyridine rings is 1. The molecule has 1 fully saturated rings. The quantitative estimate of drug-likeness (QED) is 0.777. The standard InChI is InChI=1S/C15H26N4O2S/c1-17(2)22(20,21)19-11-6-8-15(13-19)18(3)12-9-14-7-4-5-10-16-14/h4-5,7,10,15H,6,8-9,11-13H2,1-3H3. The summed E-state index contributed by atoms with van der Waals surface area (Å²) in [6, 6.07) is 6.21. The van der Waals surface area contributed by atoms with Crippen LogP contribution in [0.5, 0.6) is 0 Å². The van der Waals surface area contributed by atoms with Crippen molar-refractivity contribution in [2.24, 2.45) is 0 Å². The van der Waals surface area contributed by atoms with Gasteiger partial charge in [0.1, 0.15) is 0 Å². The van der Waals surface area contributed by atoms with Crippen molar-refractivity contribution in [2.75, 3.05) is 40.8 Å². The summed E-state index contributed by atoms with van der Waals surface area (Å²) >= 11 is 0. The van der Waals surface area contributed by atoms with Crippen LogP contribution in [0.15, 0.2) is 24.4 Å². The van der Waals surface area contributed by atoms with Gasteiger partial charge >= 0.3 is 0 Å². The van der Waals surface area contributed by atoms with E-state index >= 15 is 0 Å². The van der Waals surface area contributed by atoms with E-state index in [1.54, 1.807) is 24.6 Å². The molecule has 1 saturated heterocycles. The molecule has 0 amide bonds. The molecule has 0 aromatic carbocycles. The zero-order valence-electron chi connectivity index (χ0n) is 13.6. The van der Waals surface area contributed by atoms with E-state index < -0.39 is 10.2 Å². The van der Waals surface area contributed by atoms with Gasteiger partial charge in [-0.1, -0.05) is 6.07 Å². The molecule has 0 bridgehead atoms. The van der Waals surface area contributed by atoms with Crippen molar-refractivity contribution in [3.63, 3.8) is 0 Å². The smallest absolute Gasteiger partial charge is 0.281 e. The van der Waals surface area contributed by atoms with Gasteiger partial charge in [0.05, 0.1) is 0 Å². The van der Waals surface area contributed by atoms with Gasteiger partial charge in [-0.05, 0) is 32.0 Å². The Hall–Kier alpha value is -1.02. The summed E-state index contributed by atoms with van der Waals surface area (Å²) in [5, 5.41) is 0. The highest BCUT2D eigenvalue weighted by Crippen LogP contribution is 2.19. The third-order valence-electron chi connectivity index (χ3n) is 4.22. The number of nitrogens with zero attached hydrogens (tertiary/aromatic N) is 4. The lowest BCUT2D eigenvalue weighted by Crippen LogP contribution is -2.51. The molecule has 1 aliphatic heterocycles. The maximum atomic E-state index is 12.3. The van der Waals surface area contributed by atoms with Crippen molar-refractivity contribution in [1.29, 1.82) is 0 Å². The van der Waals surface area contributed by atoms with E-state index in [9.17, 15) is 8.42 Å². The van der Waals surface area contributed by atoms with Crippen molar-refractivity contribution in [3.8, 4) is 0 Å². The van der Waals surface area contributed by atoms with E-state index in [1.807, 2.05) is 18.2 Å². The number of likely N-dealkylation sites (N-methyl/N-ethyl adjacent to an activating group) is 1. The van der Waals surface area contributed by atoms with Crippen LogP contribution in [-0.2, 0) is 16.6 Å². The van der Waals surface area contributed by atoms with Crippen molar-refractivity contribution >= 4 is 10.2 Å². The van der Waals surface area contributed by atoms with Crippen LogP contribution in [0.1, 0.15) is 18.5 Å². The van der Waals surface area contributed by atoms with E-state index in [1.165, 1.54) is 4.31 Å². The SMILES string of the molecule is CN(CCc1ccccn1)C1CCCN(S(=O)(=O)N(C)C)C1. The second-order valence-electron chi connectivity index (χ2n) is 6.00. The normalized spacial score (nSPS) is 20.7. The minimum atomic E-state index is -3.31. The Bertz CT molecular complexity index is 562.